The number of rotatable bonds is 14. The highest BCUT2D eigenvalue weighted by Gasteiger charge is 2.05. The Morgan fingerprint density at radius 2 is 1.70 bits per heavy atom. The van der Waals surface area contributed by atoms with Crippen LogP contribution in [0.25, 0.3) is 0 Å². The van der Waals surface area contributed by atoms with Crippen molar-refractivity contribution in [2.75, 3.05) is 18.1 Å². The van der Waals surface area contributed by atoms with E-state index in [4.69, 9.17) is 4.74 Å². The lowest BCUT2D eigenvalue weighted by atomic mass is 10.1. The lowest BCUT2D eigenvalue weighted by Gasteiger charge is -2.11. The monoisotopic (exact) mass is 342 g/mol. The number of unbranched alkanes of at least 4 members (excludes halogenated alkanes) is 6. The summed E-state index contributed by atoms with van der Waals surface area (Å²) in [5.41, 5.74) is 0.925. The summed E-state index contributed by atoms with van der Waals surface area (Å²) in [7, 11) is 0. The summed E-state index contributed by atoms with van der Waals surface area (Å²) in [5.74, 6) is 1.60. The van der Waals surface area contributed by atoms with Crippen LogP contribution in [0.15, 0.2) is 24.3 Å². The van der Waals surface area contributed by atoms with Gasteiger partial charge in [0.05, 0.1) is 19.3 Å². The van der Waals surface area contributed by atoms with Gasteiger partial charge in [-0.15, -0.1) is 0 Å². The molecular weight excluding hydrogens is 311 g/mol. The maximum Gasteiger partial charge on any atom is 0.123 e. The van der Waals surface area contributed by atoms with Crippen molar-refractivity contribution in [1.29, 1.82) is 0 Å². The summed E-state index contributed by atoms with van der Waals surface area (Å²) < 4.78 is 18.2. The van der Waals surface area contributed by atoms with Gasteiger partial charge in [-0.25, -0.2) is 4.39 Å². The van der Waals surface area contributed by atoms with Gasteiger partial charge in [-0.05, 0) is 29.9 Å². The largest absolute Gasteiger partial charge is 0.390 e. The molecule has 0 fully saturated rings. The minimum Gasteiger partial charge on any atom is -0.390 e. The maximum atomic E-state index is 12.8. The van der Waals surface area contributed by atoms with Crippen molar-refractivity contribution in [2.24, 2.45) is 0 Å². The second kappa shape index (κ2) is 13.8. The molecule has 0 spiro atoms. The van der Waals surface area contributed by atoms with Gasteiger partial charge in [0.1, 0.15) is 5.82 Å². The molecule has 1 atom stereocenters. The first kappa shape index (κ1) is 20.5. The lowest BCUT2D eigenvalue weighted by molar-refractivity contribution is 0.0398. The average Bonchev–Trinajstić information content (AvgIpc) is 2.55. The van der Waals surface area contributed by atoms with Crippen molar-refractivity contribution in [3.8, 4) is 0 Å². The van der Waals surface area contributed by atoms with Gasteiger partial charge in [0.15, 0.2) is 0 Å². The van der Waals surface area contributed by atoms with E-state index in [2.05, 4.69) is 6.92 Å². The molecule has 132 valence electrons. The zero-order valence-corrected chi connectivity index (χ0v) is 15.1. The van der Waals surface area contributed by atoms with Crippen LogP contribution in [0.2, 0.25) is 0 Å². The Labute approximate surface area is 144 Å². The standard InChI is InChI=1S/C19H31FO2S/c1-2-3-4-5-6-7-8-13-23-16-19(21)15-22-14-17-9-11-18(20)12-10-17/h9-12,19,21H,2-8,13-16H2,1H3. The number of hydrogen-bond donors (Lipinski definition) is 1. The van der Waals surface area contributed by atoms with Gasteiger partial charge in [-0.1, -0.05) is 57.6 Å². The fraction of sp³-hybridized carbons (Fsp3) is 0.684. The Morgan fingerprint density at radius 1 is 1.04 bits per heavy atom. The molecule has 0 aliphatic heterocycles. The third-order valence-corrected chi connectivity index (χ3v) is 4.89. The zero-order valence-electron chi connectivity index (χ0n) is 14.3. The highest BCUT2D eigenvalue weighted by molar-refractivity contribution is 7.99. The number of aliphatic hydroxyl groups excluding tert-OH is 1. The Hall–Kier alpha value is -0.580. The van der Waals surface area contributed by atoms with Crippen molar-refractivity contribution >= 4 is 11.8 Å². The average molecular weight is 343 g/mol. The van der Waals surface area contributed by atoms with Crippen LogP contribution >= 0.6 is 11.8 Å². The van der Waals surface area contributed by atoms with Gasteiger partial charge in [0.2, 0.25) is 0 Å². The number of benzene rings is 1. The van der Waals surface area contributed by atoms with Crippen LogP contribution in [-0.2, 0) is 11.3 Å². The molecule has 1 unspecified atom stereocenters. The molecule has 0 aliphatic rings. The molecule has 2 nitrogen and oxygen atoms in total. The molecule has 1 rings (SSSR count). The number of halogens is 1. The smallest absolute Gasteiger partial charge is 0.123 e. The van der Waals surface area contributed by atoms with E-state index < -0.39 is 6.10 Å². The van der Waals surface area contributed by atoms with E-state index in [-0.39, 0.29) is 5.82 Å². The second-order valence-electron chi connectivity index (χ2n) is 5.99. The van der Waals surface area contributed by atoms with Gasteiger partial charge < -0.3 is 9.84 Å². The van der Waals surface area contributed by atoms with Crippen LogP contribution in [0.5, 0.6) is 0 Å². The number of hydrogen-bond acceptors (Lipinski definition) is 3. The van der Waals surface area contributed by atoms with Crippen LogP contribution in [0.1, 0.15) is 57.4 Å². The van der Waals surface area contributed by atoms with Crippen molar-refractivity contribution in [3.05, 3.63) is 35.6 Å². The molecule has 0 aromatic heterocycles. The van der Waals surface area contributed by atoms with E-state index in [0.29, 0.717) is 13.2 Å². The van der Waals surface area contributed by atoms with Crippen molar-refractivity contribution in [2.45, 2.75) is 64.6 Å². The van der Waals surface area contributed by atoms with E-state index in [9.17, 15) is 9.50 Å². The van der Waals surface area contributed by atoms with Crippen LogP contribution in [0, 0.1) is 5.82 Å². The van der Waals surface area contributed by atoms with Crippen molar-refractivity contribution in [1.82, 2.24) is 0 Å². The van der Waals surface area contributed by atoms with Gasteiger partial charge in [-0.3, -0.25) is 0 Å². The van der Waals surface area contributed by atoms with Gasteiger partial charge in [-0.2, -0.15) is 11.8 Å². The third-order valence-electron chi connectivity index (χ3n) is 3.69. The third kappa shape index (κ3) is 11.6. The first-order chi connectivity index (χ1) is 11.2. The molecule has 0 bridgehead atoms. The molecule has 0 radical (unpaired) electrons. The molecule has 4 heteroatoms. The van der Waals surface area contributed by atoms with Crippen molar-refractivity contribution < 1.29 is 14.2 Å². The van der Waals surface area contributed by atoms with Gasteiger partial charge in [0.25, 0.3) is 0 Å². The van der Waals surface area contributed by atoms with Crippen LogP contribution < -0.4 is 0 Å². The SMILES string of the molecule is CCCCCCCCCSCC(O)COCc1ccc(F)cc1. The van der Waals surface area contributed by atoms with E-state index in [0.717, 1.165) is 17.1 Å². The Balaban J connectivity index is 1.90. The maximum absolute atomic E-state index is 12.8. The molecule has 0 saturated carbocycles. The fourth-order valence-corrected chi connectivity index (χ4v) is 3.27. The molecule has 1 aromatic carbocycles. The number of ether oxygens (including phenoxy) is 1. The molecule has 23 heavy (non-hydrogen) atoms. The summed E-state index contributed by atoms with van der Waals surface area (Å²) in [6.07, 6.45) is 8.84. The van der Waals surface area contributed by atoms with E-state index in [1.54, 1.807) is 23.9 Å². The first-order valence-electron chi connectivity index (χ1n) is 8.80. The van der Waals surface area contributed by atoms with Crippen LogP contribution in [-0.4, -0.2) is 29.3 Å². The summed E-state index contributed by atoms with van der Waals surface area (Å²) in [6.45, 7) is 2.99. The number of aliphatic hydroxyl groups is 1. The minimum absolute atomic E-state index is 0.240. The summed E-state index contributed by atoms with van der Waals surface area (Å²) >= 11 is 1.80. The summed E-state index contributed by atoms with van der Waals surface area (Å²) in [5, 5.41) is 9.87. The fourth-order valence-electron chi connectivity index (χ4n) is 2.32. The van der Waals surface area contributed by atoms with E-state index in [1.165, 1.54) is 57.1 Å². The molecule has 0 heterocycles. The van der Waals surface area contributed by atoms with Crippen molar-refractivity contribution in [3.63, 3.8) is 0 Å². The van der Waals surface area contributed by atoms with Crippen LogP contribution in [0.3, 0.4) is 0 Å². The molecule has 0 aliphatic carbocycles. The molecule has 1 aromatic rings. The first-order valence-corrected chi connectivity index (χ1v) is 9.96. The predicted molar refractivity (Wildman–Crippen MR) is 97.4 cm³/mol. The van der Waals surface area contributed by atoms with Crippen LogP contribution in [0.4, 0.5) is 4.39 Å². The zero-order chi connectivity index (χ0) is 16.8. The van der Waals surface area contributed by atoms with E-state index in [1.807, 2.05) is 0 Å². The molecular formula is C19H31FO2S. The molecule has 0 amide bonds. The van der Waals surface area contributed by atoms with Gasteiger partial charge in [0, 0.05) is 5.75 Å². The topological polar surface area (TPSA) is 29.5 Å². The highest BCUT2D eigenvalue weighted by Crippen LogP contribution is 2.12. The Bertz CT molecular complexity index is 383. The summed E-state index contributed by atoms with van der Waals surface area (Å²) in [4.78, 5) is 0. The normalized spacial score (nSPS) is 12.5. The molecule has 0 saturated heterocycles. The Morgan fingerprint density at radius 3 is 2.39 bits per heavy atom. The molecule has 1 N–H and O–H groups in total. The minimum atomic E-state index is -0.426. The van der Waals surface area contributed by atoms with E-state index >= 15 is 0 Å². The second-order valence-corrected chi connectivity index (χ2v) is 7.14. The van der Waals surface area contributed by atoms with Gasteiger partial charge >= 0.3 is 0 Å². The number of thioether (sulfide) groups is 1. The predicted octanol–water partition coefficient (Wildman–Crippen LogP) is 5.19. The summed E-state index contributed by atoms with van der Waals surface area (Å²) in [6, 6.07) is 6.26. The highest BCUT2D eigenvalue weighted by atomic mass is 32.2. The lowest BCUT2D eigenvalue weighted by Crippen LogP contribution is -2.18. The quantitative estimate of drug-likeness (QED) is 0.472. The Kier molecular flexibility index (Phi) is 12.3.